The van der Waals surface area contributed by atoms with Crippen molar-refractivity contribution in [3.63, 3.8) is 0 Å². The highest BCUT2D eigenvalue weighted by Gasteiger charge is 2.30. The van der Waals surface area contributed by atoms with Gasteiger partial charge in [-0.25, -0.2) is 22.0 Å². The van der Waals surface area contributed by atoms with Gasteiger partial charge in [0.25, 0.3) is 15.9 Å². The van der Waals surface area contributed by atoms with E-state index >= 15 is 0 Å². The SMILES string of the molecule is CCCN(CCSc1ccc(OCC(=O)O)c(C(C)(F)F)c1)S(=O)(=O)c1sc2ccc(Cl)cc2c1C. The van der Waals surface area contributed by atoms with Crippen LogP contribution in [-0.4, -0.2) is 49.2 Å². The molecule has 196 valence electrons. The van der Waals surface area contributed by atoms with E-state index in [0.717, 1.165) is 10.1 Å². The number of aryl methyl sites for hydroxylation is 1. The maximum atomic E-state index is 14.1. The second-order valence-electron chi connectivity index (χ2n) is 8.14. The van der Waals surface area contributed by atoms with Crippen molar-refractivity contribution in [1.82, 2.24) is 4.31 Å². The number of hydrogen-bond donors (Lipinski definition) is 1. The van der Waals surface area contributed by atoms with Gasteiger partial charge in [0.2, 0.25) is 0 Å². The summed E-state index contributed by atoms with van der Waals surface area (Å²) in [6, 6.07) is 9.40. The third kappa shape index (κ3) is 6.69. The van der Waals surface area contributed by atoms with Gasteiger partial charge in [0.1, 0.15) is 9.96 Å². The van der Waals surface area contributed by atoms with Crippen LogP contribution in [0.25, 0.3) is 10.1 Å². The number of benzene rings is 2. The smallest absolute Gasteiger partial charge is 0.341 e. The monoisotopic (exact) mass is 577 g/mol. The number of rotatable bonds is 12. The van der Waals surface area contributed by atoms with E-state index in [-0.39, 0.29) is 16.5 Å². The molecule has 1 N–H and O–H groups in total. The van der Waals surface area contributed by atoms with Crippen LogP contribution in [0.5, 0.6) is 5.75 Å². The molecule has 6 nitrogen and oxygen atoms in total. The lowest BCUT2D eigenvalue weighted by molar-refractivity contribution is -0.139. The first-order valence-electron chi connectivity index (χ1n) is 11.0. The Morgan fingerprint density at radius 3 is 2.58 bits per heavy atom. The van der Waals surface area contributed by atoms with Gasteiger partial charge >= 0.3 is 5.97 Å². The fraction of sp³-hybridized carbons (Fsp3) is 0.375. The molecule has 0 spiro atoms. The summed E-state index contributed by atoms with van der Waals surface area (Å²) in [5, 5.41) is 10.1. The molecule has 3 rings (SSSR count). The van der Waals surface area contributed by atoms with Crippen LogP contribution < -0.4 is 4.74 Å². The zero-order valence-corrected chi connectivity index (χ0v) is 23.1. The van der Waals surface area contributed by atoms with E-state index < -0.39 is 34.1 Å². The van der Waals surface area contributed by atoms with E-state index in [1.807, 2.05) is 6.92 Å². The number of hydrogen-bond acceptors (Lipinski definition) is 6. The minimum atomic E-state index is -3.78. The van der Waals surface area contributed by atoms with Gasteiger partial charge in [0.15, 0.2) is 6.61 Å². The lowest BCUT2D eigenvalue weighted by Gasteiger charge is -2.21. The number of alkyl halides is 2. The third-order valence-electron chi connectivity index (χ3n) is 5.29. The van der Waals surface area contributed by atoms with E-state index in [9.17, 15) is 22.0 Å². The third-order valence-corrected chi connectivity index (χ3v) is 10.3. The van der Waals surface area contributed by atoms with Crippen molar-refractivity contribution >= 4 is 60.8 Å². The number of halogens is 3. The predicted octanol–water partition coefficient (Wildman–Crippen LogP) is 6.63. The maximum Gasteiger partial charge on any atom is 0.341 e. The van der Waals surface area contributed by atoms with Gasteiger partial charge in [-0.05, 0) is 60.7 Å². The second kappa shape index (κ2) is 11.6. The minimum Gasteiger partial charge on any atom is -0.481 e. The number of carboxylic acid groups (broad SMARTS) is 1. The number of aliphatic carboxylic acids is 1. The molecule has 0 saturated carbocycles. The second-order valence-corrected chi connectivity index (χ2v) is 12.9. The fourth-order valence-corrected chi connectivity index (χ4v) is 8.22. The van der Waals surface area contributed by atoms with Crippen LogP contribution in [0.1, 0.15) is 31.4 Å². The highest BCUT2D eigenvalue weighted by atomic mass is 35.5. The number of ether oxygens (including phenoxy) is 1. The molecule has 12 heteroatoms. The molecule has 36 heavy (non-hydrogen) atoms. The summed E-state index contributed by atoms with van der Waals surface area (Å²) in [6.45, 7) is 4.13. The number of carboxylic acids is 1. The molecule has 0 amide bonds. The summed E-state index contributed by atoms with van der Waals surface area (Å²) in [5.41, 5.74) is 0.226. The zero-order chi connectivity index (χ0) is 26.7. The Balaban J connectivity index is 1.79. The average Bonchev–Trinajstić information content (AvgIpc) is 3.13. The average molecular weight is 578 g/mol. The van der Waals surface area contributed by atoms with Gasteiger partial charge in [0, 0.05) is 40.4 Å². The van der Waals surface area contributed by atoms with Crippen molar-refractivity contribution in [3.05, 3.63) is 52.5 Å². The normalized spacial score (nSPS) is 12.4. The number of fused-ring (bicyclic) bond motifs is 1. The first-order chi connectivity index (χ1) is 16.8. The van der Waals surface area contributed by atoms with Gasteiger partial charge < -0.3 is 9.84 Å². The van der Waals surface area contributed by atoms with Crippen molar-refractivity contribution in [2.75, 3.05) is 25.4 Å². The van der Waals surface area contributed by atoms with Crippen LogP contribution in [0.15, 0.2) is 45.5 Å². The van der Waals surface area contributed by atoms with E-state index in [1.165, 1.54) is 39.5 Å². The summed E-state index contributed by atoms with van der Waals surface area (Å²) in [4.78, 5) is 11.2. The van der Waals surface area contributed by atoms with Gasteiger partial charge in [-0.2, -0.15) is 4.31 Å². The summed E-state index contributed by atoms with van der Waals surface area (Å²) >= 11 is 8.53. The first-order valence-corrected chi connectivity index (χ1v) is 14.6. The summed E-state index contributed by atoms with van der Waals surface area (Å²) in [7, 11) is -3.78. The molecule has 0 unspecified atom stereocenters. The van der Waals surface area contributed by atoms with Crippen molar-refractivity contribution in [2.24, 2.45) is 0 Å². The Morgan fingerprint density at radius 1 is 1.22 bits per heavy atom. The molecule has 0 atom stereocenters. The molecular weight excluding hydrogens is 552 g/mol. The van der Waals surface area contributed by atoms with Crippen molar-refractivity contribution in [3.8, 4) is 5.75 Å². The Morgan fingerprint density at radius 2 is 1.94 bits per heavy atom. The molecule has 0 saturated heterocycles. The molecule has 3 aromatic rings. The molecule has 1 heterocycles. The molecule has 2 aromatic carbocycles. The van der Waals surface area contributed by atoms with Gasteiger partial charge in [0.05, 0.1) is 5.56 Å². The highest BCUT2D eigenvalue weighted by molar-refractivity contribution is 7.99. The Bertz CT molecular complexity index is 1360. The zero-order valence-electron chi connectivity index (χ0n) is 19.9. The predicted molar refractivity (Wildman–Crippen MR) is 140 cm³/mol. The molecule has 0 aliphatic rings. The number of sulfonamides is 1. The Kier molecular flexibility index (Phi) is 9.26. The number of carbonyl (C=O) groups is 1. The van der Waals surface area contributed by atoms with Crippen molar-refractivity contribution in [1.29, 1.82) is 0 Å². The van der Waals surface area contributed by atoms with Crippen LogP contribution in [-0.2, 0) is 20.7 Å². The minimum absolute atomic E-state index is 0.185. The molecule has 0 bridgehead atoms. The fourth-order valence-electron chi connectivity index (χ4n) is 3.61. The van der Waals surface area contributed by atoms with Crippen LogP contribution in [0, 0.1) is 6.92 Å². The standard InChI is InChI=1S/C24H26ClF2NO5S3/c1-4-9-28(36(31,32)23-15(2)18-12-16(25)5-8-21(18)35-23)10-11-34-17-6-7-20(33-14-22(29)30)19(13-17)24(3,26)27/h5-8,12-13H,4,9-11,14H2,1-3H3,(H,29,30). The molecular formula is C24H26ClF2NO5S3. The lowest BCUT2D eigenvalue weighted by atomic mass is 10.1. The first kappa shape index (κ1) is 28.6. The summed E-state index contributed by atoms with van der Waals surface area (Å²) < 4.78 is 62.8. The van der Waals surface area contributed by atoms with Gasteiger partial charge in [-0.1, -0.05) is 18.5 Å². The van der Waals surface area contributed by atoms with E-state index in [0.29, 0.717) is 41.1 Å². The van der Waals surface area contributed by atoms with Crippen molar-refractivity contribution in [2.45, 2.75) is 42.2 Å². The molecule has 1 aromatic heterocycles. The summed E-state index contributed by atoms with van der Waals surface area (Å²) in [5.74, 6) is -4.39. The molecule has 0 radical (unpaired) electrons. The maximum absolute atomic E-state index is 14.1. The topological polar surface area (TPSA) is 83.9 Å². The van der Waals surface area contributed by atoms with E-state index in [2.05, 4.69) is 0 Å². The Hall–Kier alpha value is -1.92. The number of thioether (sulfide) groups is 1. The highest BCUT2D eigenvalue weighted by Crippen LogP contribution is 2.39. The van der Waals surface area contributed by atoms with E-state index in [4.69, 9.17) is 21.4 Å². The van der Waals surface area contributed by atoms with Crippen molar-refractivity contribution < 1.29 is 31.8 Å². The lowest BCUT2D eigenvalue weighted by Crippen LogP contribution is -2.33. The summed E-state index contributed by atoms with van der Waals surface area (Å²) in [6.07, 6.45) is 0.613. The van der Waals surface area contributed by atoms with Gasteiger partial charge in [-0.3, -0.25) is 0 Å². The number of thiophene rings is 1. The molecule has 0 aliphatic heterocycles. The number of nitrogens with zero attached hydrogens (tertiary/aromatic N) is 1. The van der Waals surface area contributed by atoms with E-state index in [1.54, 1.807) is 31.2 Å². The quantitative estimate of drug-likeness (QED) is 0.243. The van der Waals surface area contributed by atoms with Crippen LogP contribution in [0.4, 0.5) is 8.78 Å². The van der Waals surface area contributed by atoms with Gasteiger partial charge in [-0.15, -0.1) is 23.1 Å². The van der Waals surface area contributed by atoms with Crippen LogP contribution >= 0.6 is 34.7 Å². The Labute approximate surface area is 222 Å². The van der Waals surface area contributed by atoms with Crippen LogP contribution in [0.3, 0.4) is 0 Å². The molecule has 0 aliphatic carbocycles. The van der Waals surface area contributed by atoms with Crippen LogP contribution in [0.2, 0.25) is 5.02 Å². The molecule has 0 fully saturated rings. The largest absolute Gasteiger partial charge is 0.481 e.